The van der Waals surface area contributed by atoms with E-state index >= 15 is 0 Å². The summed E-state index contributed by atoms with van der Waals surface area (Å²) in [5.74, 6) is -0.855. The SMILES string of the molecule is CCCNC(=O)C(CC)N(Cc1ccc(Cl)c(Cl)c1)C(=O)CN(c1cc(Cl)ccc1C)S(C)(=O)=O. The molecule has 1 atom stereocenters. The molecule has 0 fully saturated rings. The van der Waals surface area contributed by atoms with Crippen LogP contribution in [0.2, 0.25) is 15.1 Å². The quantitative estimate of drug-likeness (QED) is 0.415. The highest BCUT2D eigenvalue weighted by molar-refractivity contribution is 7.92. The van der Waals surface area contributed by atoms with Crippen molar-refractivity contribution in [1.82, 2.24) is 10.2 Å². The minimum absolute atomic E-state index is 0.0416. The van der Waals surface area contributed by atoms with E-state index in [1.807, 2.05) is 6.92 Å². The smallest absolute Gasteiger partial charge is 0.244 e. The number of aryl methyl sites for hydroxylation is 1. The zero-order chi connectivity index (χ0) is 26.3. The first-order valence-corrected chi connectivity index (χ1v) is 14.1. The monoisotopic (exact) mass is 561 g/mol. The molecule has 0 spiro atoms. The number of hydrogen-bond acceptors (Lipinski definition) is 4. The predicted molar refractivity (Wildman–Crippen MR) is 143 cm³/mol. The summed E-state index contributed by atoms with van der Waals surface area (Å²) in [5.41, 5.74) is 1.59. The standard InChI is InChI=1S/C24H30Cl3N3O4S/c1-5-11-28-24(32)21(6-2)29(14-17-8-10-19(26)20(27)12-17)23(31)15-30(35(4,33)34)22-13-18(25)9-7-16(22)3/h7-10,12-13,21H,5-6,11,14-15H2,1-4H3,(H,28,32). The van der Waals surface area contributed by atoms with Crippen molar-refractivity contribution in [1.29, 1.82) is 0 Å². The third kappa shape index (κ3) is 8.00. The molecule has 7 nitrogen and oxygen atoms in total. The second kappa shape index (κ2) is 12.8. The van der Waals surface area contributed by atoms with Crippen LogP contribution in [0.25, 0.3) is 0 Å². The fraction of sp³-hybridized carbons (Fsp3) is 0.417. The molecule has 0 saturated carbocycles. The number of nitrogens with one attached hydrogen (secondary N) is 1. The van der Waals surface area contributed by atoms with Gasteiger partial charge in [0.2, 0.25) is 21.8 Å². The van der Waals surface area contributed by atoms with Crippen LogP contribution in [0.15, 0.2) is 36.4 Å². The second-order valence-electron chi connectivity index (χ2n) is 8.19. The summed E-state index contributed by atoms with van der Waals surface area (Å²) < 4.78 is 26.4. The van der Waals surface area contributed by atoms with E-state index in [0.717, 1.165) is 17.0 Å². The lowest BCUT2D eigenvalue weighted by molar-refractivity contribution is -0.140. The van der Waals surface area contributed by atoms with Gasteiger partial charge < -0.3 is 10.2 Å². The maximum atomic E-state index is 13.7. The van der Waals surface area contributed by atoms with Gasteiger partial charge in [0.15, 0.2) is 0 Å². The van der Waals surface area contributed by atoms with Gasteiger partial charge in [-0.1, -0.05) is 60.8 Å². The molecule has 0 aliphatic heterocycles. The fourth-order valence-corrected chi connectivity index (χ4v) is 4.95. The molecular formula is C24H30Cl3N3O4S. The zero-order valence-corrected chi connectivity index (χ0v) is 23.2. The molecule has 11 heteroatoms. The Morgan fingerprint density at radius 1 is 1.03 bits per heavy atom. The maximum absolute atomic E-state index is 13.7. The van der Waals surface area contributed by atoms with Gasteiger partial charge in [-0.05, 0) is 55.2 Å². The summed E-state index contributed by atoms with van der Waals surface area (Å²) in [5, 5.41) is 3.84. The molecule has 0 radical (unpaired) electrons. The van der Waals surface area contributed by atoms with Crippen molar-refractivity contribution in [2.75, 3.05) is 23.7 Å². The molecule has 2 aromatic rings. The van der Waals surface area contributed by atoms with Gasteiger partial charge in [-0.3, -0.25) is 13.9 Å². The van der Waals surface area contributed by atoms with Crippen LogP contribution in [-0.2, 0) is 26.2 Å². The molecule has 2 aromatic carbocycles. The topological polar surface area (TPSA) is 86.8 Å². The van der Waals surface area contributed by atoms with Crippen molar-refractivity contribution in [2.24, 2.45) is 0 Å². The Bertz CT molecular complexity index is 1170. The van der Waals surface area contributed by atoms with Gasteiger partial charge in [0.25, 0.3) is 0 Å². The first kappa shape index (κ1) is 29.2. The first-order chi connectivity index (χ1) is 16.4. The number of halogens is 3. The molecule has 0 aromatic heterocycles. The number of rotatable bonds is 11. The average Bonchev–Trinajstić information content (AvgIpc) is 2.79. The zero-order valence-electron chi connectivity index (χ0n) is 20.1. The molecule has 0 saturated heterocycles. The van der Waals surface area contributed by atoms with Crippen molar-refractivity contribution >= 4 is 62.3 Å². The molecular weight excluding hydrogens is 533 g/mol. The van der Waals surface area contributed by atoms with Crippen LogP contribution >= 0.6 is 34.8 Å². The summed E-state index contributed by atoms with van der Waals surface area (Å²) in [7, 11) is -3.85. The van der Waals surface area contributed by atoms with E-state index in [0.29, 0.717) is 44.8 Å². The van der Waals surface area contributed by atoms with E-state index in [2.05, 4.69) is 5.32 Å². The van der Waals surface area contributed by atoms with Crippen molar-refractivity contribution in [2.45, 2.75) is 46.2 Å². The molecule has 2 amide bonds. The van der Waals surface area contributed by atoms with Gasteiger partial charge in [-0.15, -0.1) is 0 Å². The Morgan fingerprint density at radius 3 is 2.29 bits per heavy atom. The van der Waals surface area contributed by atoms with Crippen molar-refractivity contribution < 1.29 is 18.0 Å². The number of carbonyl (C=O) groups excluding carboxylic acids is 2. The van der Waals surface area contributed by atoms with Crippen LogP contribution in [0.1, 0.15) is 37.8 Å². The highest BCUT2D eigenvalue weighted by Gasteiger charge is 2.32. The first-order valence-electron chi connectivity index (χ1n) is 11.1. The average molecular weight is 563 g/mol. The Labute approximate surface area is 222 Å². The van der Waals surface area contributed by atoms with Gasteiger partial charge in [-0.25, -0.2) is 8.42 Å². The number of benzene rings is 2. The Morgan fingerprint density at radius 2 is 1.71 bits per heavy atom. The van der Waals surface area contributed by atoms with Crippen LogP contribution in [0, 0.1) is 6.92 Å². The van der Waals surface area contributed by atoms with Crippen molar-refractivity contribution in [3.8, 4) is 0 Å². The van der Waals surface area contributed by atoms with Gasteiger partial charge in [0.05, 0.1) is 22.0 Å². The molecule has 0 aliphatic rings. The van der Waals surface area contributed by atoms with E-state index in [9.17, 15) is 18.0 Å². The number of carbonyl (C=O) groups is 2. The summed E-state index contributed by atoms with van der Waals surface area (Å²) in [6, 6.07) is 8.95. The highest BCUT2D eigenvalue weighted by Crippen LogP contribution is 2.28. The lowest BCUT2D eigenvalue weighted by Crippen LogP contribution is -2.52. The molecule has 0 heterocycles. The summed E-state index contributed by atoms with van der Waals surface area (Å²) in [4.78, 5) is 28.0. The lowest BCUT2D eigenvalue weighted by atomic mass is 10.1. The van der Waals surface area contributed by atoms with E-state index in [1.165, 1.54) is 11.0 Å². The number of anilines is 1. The Kier molecular flexibility index (Phi) is 10.7. The molecule has 35 heavy (non-hydrogen) atoms. The second-order valence-corrected chi connectivity index (χ2v) is 11.3. The fourth-order valence-electron chi connectivity index (χ4n) is 3.57. The molecule has 1 N–H and O–H groups in total. The Hall–Kier alpha value is -2.00. The lowest BCUT2D eigenvalue weighted by Gasteiger charge is -2.33. The van der Waals surface area contributed by atoms with Gasteiger partial charge in [0.1, 0.15) is 12.6 Å². The molecule has 0 aliphatic carbocycles. The summed E-state index contributed by atoms with van der Waals surface area (Å²) >= 11 is 18.3. The Balaban J connectivity index is 2.49. The molecule has 2 rings (SSSR count). The summed E-state index contributed by atoms with van der Waals surface area (Å²) in [6.45, 7) is 5.45. The van der Waals surface area contributed by atoms with Crippen LogP contribution in [-0.4, -0.2) is 50.5 Å². The summed E-state index contributed by atoms with van der Waals surface area (Å²) in [6.07, 6.45) is 2.09. The number of sulfonamides is 1. The van der Waals surface area contributed by atoms with Crippen LogP contribution in [0.4, 0.5) is 5.69 Å². The number of amides is 2. The van der Waals surface area contributed by atoms with Crippen LogP contribution < -0.4 is 9.62 Å². The predicted octanol–water partition coefficient (Wildman–Crippen LogP) is 5.05. The van der Waals surface area contributed by atoms with E-state index in [1.54, 1.807) is 44.2 Å². The van der Waals surface area contributed by atoms with Gasteiger partial charge in [-0.2, -0.15) is 0 Å². The van der Waals surface area contributed by atoms with Crippen LogP contribution in [0.3, 0.4) is 0 Å². The maximum Gasteiger partial charge on any atom is 0.244 e. The minimum Gasteiger partial charge on any atom is -0.354 e. The highest BCUT2D eigenvalue weighted by atomic mass is 35.5. The third-order valence-corrected chi connectivity index (χ3v) is 7.49. The van der Waals surface area contributed by atoms with E-state index in [4.69, 9.17) is 34.8 Å². The largest absolute Gasteiger partial charge is 0.354 e. The van der Waals surface area contributed by atoms with Crippen molar-refractivity contribution in [3.05, 3.63) is 62.6 Å². The van der Waals surface area contributed by atoms with Crippen molar-refractivity contribution in [3.63, 3.8) is 0 Å². The third-order valence-electron chi connectivity index (χ3n) is 5.39. The molecule has 192 valence electrons. The number of nitrogens with zero attached hydrogens (tertiary/aromatic N) is 2. The number of hydrogen-bond donors (Lipinski definition) is 1. The molecule has 0 bridgehead atoms. The van der Waals surface area contributed by atoms with Gasteiger partial charge >= 0.3 is 0 Å². The van der Waals surface area contributed by atoms with E-state index in [-0.39, 0.29) is 12.5 Å². The normalized spacial score (nSPS) is 12.2. The molecule has 1 unspecified atom stereocenters. The van der Waals surface area contributed by atoms with Crippen LogP contribution in [0.5, 0.6) is 0 Å². The minimum atomic E-state index is -3.85. The van der Waals surface area contributed by atoms with Gasteiger partial charge in [0, 0.05) is 18.1 Å². The van der Waals surface area contributed by atoms with E-state index < -0.39 is 28.5 Å².